The second-order valence-electron chi connectivity index (χ2n) is 7.02. The van der Waals surface area contributed by atoms with E-state index in [4.69, 9.17) is 13.9 Å². The summed E-state index contributed by atoms with van der Waals surface area (Å²) < 4.78 is 18.1. The van der Waals surface area contributed by atoms with Gasteiger partial charge < -0.3 is 19.2 Å². The minimum Gasteiger partial charge on any atom is -0.493 e. The van der Waals surface area contributed by atoms with E-state index in [2.05, 4.69) is 10.4 Å². The summed E-state index contributed by atoms with van der Waals surface area (Å²) in [6.07, 6.45) is 0. The Hall–Kier alpha value is -4.60. The molecule has 168 valence electrons. The molecular formula is C23H20N4O6. The van der Waals surface area contributed by atoms with Crippen LogP contribution < -0.4 is 14.8 Å². The van der Waals surface area contributed by atoms with Crippen LogP contribution >= 0.6 is 0 Å². The van der Waals surface area contributed by atoms with Crippen LogP contribution in [0.5, 0.6) is 11.5 Å². The highest BCUT2D eigenvalue weighted by molar-refractivity contribution is 6.02. The third-order valence-corrected chi connectivity index (χ3v) is 4.70. The maximum absolute atomic E-state index is 12.7. The quantitative estimate of drug-likeness (QED) is 0.311. The van der Waals surface area contributed by atoms with Crippen LogP contribution in [0.25, 0.3) is 5.69 Å². The van der Waals surface area contributed by atoms with Gasteiger partial charge >= 0.3 is 0 Å². The molecule has 0 bridgehead atoms. The van der Waals surface area contributed by atoms with E-state index in [0.29, 0.717) is 34.5 Å². The molecule has 0 radical (unpaired) electrons. The number of anilines is 1. The fraction of sp³-hybridized carbons (Fsp3) is 0.130. The number of nitrogens with one attached hydrogen (secondary N) is 1. The van der Waals surface area contributed by atoms with Gasteiger partial charge in [0.1, 0.15) is 18.2 Å². The molecule has 0 aliphatic heterocycles. The smallest absolute Gasteiger partial charge is 0.292 e. The summed E-state index contributed by atoms with van der Waals surface area (Å²) in [5.41, 5.74) is 1.19. The normalized spacial score (nSPS) is 10.6. The van der Waals surface area contributed by atoms with Crippen molar-refractivity contribution < 1.29 is 23.6 Å². The molecule has 4 aromatic rings. The predicted octanol–water partition coefficient (Wildman–Crippen LogP) is 4.52. The van der Waals surface area contributed by atoms with Crippen LogP contribution in [0.3, 0.4) is 0 Å². The molecule has 1 amide bonds. The van der Waals surface area contributed by atoms with Crippen LogP contribution in [0.2, 0.25) is 0 Å². The number of hydrogen-bond acceptors (Lipinski definition) is 7. The summed E-state index contributed by atoms with van der Waals surface area (Å²) >= 11 is 0. The molecule has 1 N–H and O–H groups in total. The number of methoxy groups -OCH3 is 1. The molecule has 4 rings (SSSR count). The lowest BCUT2D eigenvalue weighted by Crippen LogP contribution is -2.14. The molecule has 0 spiro atoms. The van der Waals surface area contributed by atoms with Crippen LogP contribution in [-0.4, -0.2) is 27.7 Å². The number of aromatic nitrogens is 2. The van der Waals surface area contributed by atoms with E-state index in [1.54, 1.807) is 56.5 Å². The average molecular weight is 448 g/mol. The van der Waals surface area contributed by atoms with Crippen LogP contribution in [0.4, 0.5) is 11.5 Å². The monoisotopic (exact) mass is 448 g/mol. The van der Waals surface area contributed by atoms with E-state index >= 15 is 0 Å². The number of carbonyl (C=O) groups is 1. The van der Waals surface area contributed by atoms with E-state index in [0.717, 1.165) is 0 Å². The Bertz CT molecular complexity index is 1290. The first kappa shape index (κ1) is 21.6. The highest BCUT2D eigenvalue weighted by atomic mass is 16.6. The second-order valence-corrected chi connectivity index (χ2v) is 7.02. The Kier molecular flexibility index (Phi) is 6.07. The van der Waals surface area contributed by atoms with Crippen molar-refractivity contribution >= 4 is 17.4 Å². The van der Waals surface area contributed by atoms with Gasteiger partial charge in [-0.1, -0.05) is 12.1 Å². The van der Waals surface area contributed by atoms with Gasteiger partial charge in [-0.3, -0.25) is 14.9 Å². The van der Waals surface area contributed by atoms with Gasteiger partial charge in [-0.15, -0.1) is 0 Å². The SMILES string of the molecule is COc1ccccc1OCc1ccc(C(=O)Nc2cc(C)nn2-c2ccc([N+](=O)[O-])cc2)o1. The Morgan fingerprint density at radius 1 is 1.12 bits per heavy atom. The number of carbonyl (C=O) groups excluding carboxylic acids is 1. The van der Waals surface area contributed by atoms with E-state index in [1.165, 1.54) is 16.8 Å². The molecule has 2 aromatic carbocycles. The number of nitro benzene ring substituents is 1. The fourth-order valence-corrected chi connectivity index (χ4v) is 3.14. The number of ether oxygens (including phenoxy) is 2. The summed E-state index contributed by atoms with van der Waals surface area (Å²) in [6, 6.07) is 18.0. The number of benzene rings is 2. The first-order valence-corrected chi connectivity index (χ1v) is 9.92. The van der Waals surface area contributed by atoms with E-state index in [9.17, 15) is 14.9 Å². The predicted molar refractivity (Wildman–Crippen MR) is 119 cm³/mol. The van der Waals surface area contributed by atoms with Crippen molar-refractivity contribution in [3.8, 4) is 17.2 Å². The highest BCUT2D eigenvalue weighted by Crippen LogP contribution is 2.27. The Balaban J connectivity index is 1.46. The standard InChI is InChI=1S/C23H20N4O6/c1-15-13-22(26(25-15)16-7-9-17(10-8-16)27(29)30)24-23(28)21-12-11-18(33-21)14-32-20-6-4-3-5-19(20)31-2/h3-13H,14H2,1-2H3,(H,24,28). The zero-order valence-corrected chi connectivity index (χ0v) is 17.8. The van der Waals surface area contributed by atoms with Gasteiger partial charge in [0.15, 0.2) is 17.3 Å². The van der Waals surface area contributed by atoms with Crippen molar-refractivity contribution in [3.63, 3.8) is 0 Å². The molecule has 2 heterocycles. The number of non-ortho nitro benzene ring substituents is 1. The fourth-order valence-electron chi connectivity index (χ4n) is 3.14. The minimum atomic E-state index is -0.479. The average Bonchev–Trinajstić information content (AvgIpc) is 3.44. The van der Waals surface area contributed by atoms with Crippen LogP contribution in [-0.2, 0) is 6.61 Å². The lowest BCUT2D eigenvalue weighted by Gasteiger charge is -2.09. The molecule has 0 aliphatic carbocycles. The van der Waals surface area contributed by atoms with Gasteiger partial charge in [-0.05, 0) is 43.3 Å². The van der Waals surface area contributed by atoms with Crippen molar-refractivity contribution in [1.82, 2.24) is 9.78 Å². The van der Waals surface area contributed by atoms with Crippen LogP contribution in [0.1, 0.15) is 22.0 Å². The zero-order chi connectivity index (χ0) is 23.4. The summed E-state index contributed by atoms with van der Waals surface area (Å²) in [7, 11) is 1.56. The Morgan fingerprint density at radius 2 is 1.85 bits per heavy atom. The molecule has 10 heteroatoms. The number of nitrogens with zero attached hydrogens (tertiary/aromatic N) is 3. The molecule has 0 unspecified atom stereocenters. The first-order chi connectivity index (χ1) is 15.9. The molecule has 10 nitrogen and oxygen atoms in total. The van der Waals surface area contributed by atoms with Crippen molar-refractivity contribution in [1.29, 1.82) is 0 Å². The van der Waals surface area contributed by atoms with Gasteiger partial charge in [0.05, 0.1) is 23.4 Å². The number of nitro groups is 1. The van der Waals surface area contributed by atoms with E-state index in [-0.39, 0.29) is 18.1 Å². The summed E-state index contributed by atoms with van der Waals surface area (Å²) in [6.45, 7) is 1.89. The molecule has 0 saturated carbocycles. The Morgan fingerprint density at radius 3 is 2.55 bits per heavy atom. The van der Waals surface area contributed by atoms with Crippen molar-refractivity contribution in [2.24, 2.45) is 0 Å². The maximum Gasteiger partial charge on any atom is 0.292 e. The van der Waals surface area contributed by atoms with E-state index < -0.39 is 10.8 Å². The van der Waals surface area contributed by atoms with Gasteiger partial charge in [-0.25, -0.2) is 4.68 Å². The second kappa shape index (κ2) is 9.27. The van der Waals surface area contributed by atoms with Crippen molar-refractivity contribution in [2.45, 2.75) is 13.5 Å². The van der Waals surface area contributed by atoms with Gasteiger partial charge in [-0.2, -0.15) is 5.10 Å². The van der Waals surface area contributed by atoms with Crippen molar-refractivity contribution in [2.75, 3.05) is 12.4 Å². The van der Waals surface area contributed by atoms with Gasteiger partial charge in [0, 0.05) is 18.2 Å². The highest BCUT2D eigenvalue weighted by Gasteiger charge is 2.17. The van der Waals surface area contributed by atoms with Gasteiger partial charge in [0.25, 0.3) is 11.6 Å². The lowest BCUT2D eigenvalue weighted by atomic mass is 10.3. The summed E-state index contributed by atoms with van der Waals surface area (Å²) in [4.78, 5) is 23.1. The van der Waals surface area contributed by atoms with E-state index in [1.807, 2.05) is 12.1 Å². The van der Waals surface area contributed by atoms with Crippen molar-refractivity contribution in [3.05, 3.63) is 94.1 Å². The number of para-hydroxylation sites is 2. The topological polar surface area (TPSA) is 122 Å². The van der Waals surface area contributed by atoms with Crippen LogP contribution in [0.15, 0.2) is 71.1 Å². The van der Waals surface area contributed by atoms with Gasteiger partial charge in [0.2, 0.25) is 0 Å². The zero-order valence-electron chi connectivity index (χ0n) is 17.8. The molecule has 0 aliphatic rings. The lowest BCUT2D eigenvalue weighted by molar-refractivity contribution is -0.384. The maximum atomic E-state index is 12.7. The summed E-state index contributed by atoms with van der Waals surface area (Å²) in [5.74, 6) is 1.65. The largest absolute Gasteiger partial charge is 0.493 e. The molecule has 0 saturated heterocycles. The number of furan rings is 1. The molecule has 0 atom stereocenters. The molecule has 0 fully saturated rings. The number of aryl methyl sites for hydroxylation is 1. The van der Waals surface area contributed by atoms with Crippen LogP contribution in [0, 0.1) is 17.0 Å². The number of hydrogen-bond donors (Lipinski definition) is 1. The Labute approximate surface area is 188 Å². The first-order valence-electron chi connectivity index (χ1n) is 9.92. The minimum absolute atomic E-state index is 0.0355. The summed E-state index contributed by atoms with van der Waals surface area (Å²) in [5, 5.41) is 18.0. The number of amides is 1. The third kappa shape index (κ3) is 4.85. The molecule has 2 aromatic heterocycles. The third-order valence-electron chi connectivity index (χ3n) is 4.70. The molecule has 33 heavy (non-hydrogen) atoms. The molecular weight excluding hydrogens is 428 g/mol. The number of rotatable bonds is 8.